The number of nitrogens with zero attached hydrogens (tertiary/aromatic N) is 3. The zero-order valence-electron chi connectivity index (χ0n) is 17.5. The fourth-order valence-electron chi connectivity index (χ4n) is 3.42. The van der Waals surface area contributed by atoms with Gasteiger partial charge in [-0.25, -0.2) is 9.98 Å². The zero-order valence-corrected chi connectivity index (χ0v) is 17.5. The van der Waals surface area contributed by atoms with Crippen LogP contribution in [0.3, 0.4) is 0 Å². The molecule has 1 fully saturated rings. The number of benzene rings is 1. The highest BCUT2D eigenvalue weighted by Gasteiger charge is 2.30. The normalized spacial score (nSPS) is 18.1. The Labute approximate surface area is 174 Å². The summed E-state index contributed by atoms with van der Waals surface area (Å²) in [6.45, 7) is 9.16. The summed E-state index contributed by atoms with van der Waals surface area (Å²) in [5, 5.41) is 6.66. The molecule has 2 N–H and O–H groups in total. The topological polar surface area (TPSA) is 65.7 Å². The quantitative estimate of drug-likeness (QED) is 0.549. The number of halogens is 3. The summed E-state index contributed by atoms with van der Waals surface area (Å²) in [4.78, 5) is 11.1. The third kappa shape index (κ3) is 5.98. The lowest BCUT2D eigenvalue weighted by atomic mass is 10.1. The number of rotatable bonds is 6. The highest BCUT2D eigenvalue weighted by Crippen LogP contribution is 2.29. The lowest BCUT2D eigenvalue weighted by molar-refractivity contribution is -0.137. The fourth-order valence-corrected chi connectivity index (χ4v) is 3.42. The van der Waals surface area contributed by atoms with E-state index in [-0.39, 0.29) is 6.04 Å². The molecule has 1 saturated heterocycles. The molecule has 0 saturated carbocycles. The van der Waals surface area contributed by atoms with E-state index in [1.54, 1.807) is 12.1 Å². The maximum Gasteiger partial charge on any atom is 0.416 e. The number of hydrogen-bond donors (Lipinski definition) is 2. The molecular formula is C21H28F3N5O. The van der Waals surface area contributed by atoms with E-state index in [0.29, 0.717) is 24.9 Å². The largest absolute Gasteiger partial charge is 0.444 e. The minimum atomic E-state index is -4.30. The average molecular weight is 423 g/mol. The van der Waals surface area contributed by atoms with Gasteiger partial charge < -0.3 is 15.1 Å². The maximum atomic E-state index is 12.7. The summed E-state index contributed by atoms with van der Waals surface area (Å²) < 4.78 is 43.7. The monoisotopic (exact) mass is 423 g/mol. The molecule has 1 aliphatic heterocycles. The molecule has 0 aliphatic carbocycles. The van der Waals surface area contributed by atoms with E-state index >= 15 is 0 Å². The van der Waals surface area contributed by atoms with Crippen LogP contribution in [0.25, 0.3) is 0 Å². The molecule has 3 rings (SSSR count). The molecule has 6 nitrogen and oxygen atoms in total. The summed E-state index contributed by atoms with van der Waals surface area (Å²) >= 11 is 0. The number of guanidine groups is 1. The van der Waals surface area contributed by atoms with Crippen LogP contribution in [-0.2, 0) is 19.3 Å². The van der Waals surface area contributed by atoms with Gasteiger partial charge in [-0.3, -0.25) is 4.90 Å². The van der Waals surface area contributed by atoms with E-state index in [1.165, 1.54) is 0 Å². The van der Waals surface area contributed by atoms with Gasteiger partial charge in [-0.05, 0) is 44.9 Å². The zero-order chi connectivity index (χ0) is 21.7. The Balaban J connectivity index is 1.53. The van der Waals surface area contributed by atoms with E-state index in [0.717, 1.165) is 55.2 Å². The van der Waals surface area contributed by atoms with Gasteiger partial charge in [0.1, 0.15) is 12.3 Å². The van der Waals surface area contributed by atoms with E-state index in [4.69, 9.17) is 4.42 Å². The standard InChI is InChI=1S/C21H28F3N5O/c1-4-25-20(26-11-19-27-14(2)15(3)30-19)28-18-9-10-29(13-18)12-16-5-7-17(8-6-16)21(22,23)24/h5-8,18H,4,9-13H2,1-3H3,(H2,25,26,28). The van der Waals surface area contributed by atoms with Crippen molar-refractivity contribution >= 4 is 5.96 Å². The summed E-state index contributed by atoms with van der Waals surface area (Å²) in [5.41, 5.74) is 1.13. The number of likely N-dealkylation sites (tertiary alicyclic amines) is 1. The minimum Gasteiger partial charge on any atom is -0.444 e. The van der Waals surface area contributed by atoms with Gasteiger partial charge in [0, 0.05) is 32.2 Å². The molecule has 2 heterocycles. The van der Waals surface area contributed by atoms with Crippen LogP contribution in [0.4, 0.5) is 13.2 Å². The minimum absolute atomic E-state index is 0.213. The van der Waals surface area contributed by atoms with E-state index in [1.807, 2.05) is 20.8 Å². The van der Waals surface area contributed by atoms with Gasteiger partial charge in [0.05, 0.1) is 11.3 Å². The van der Waals surface area contributed by atoms with Gasteiger partial charge in [-0.2, -0.15) is 13.2 Å². The second-order valence-corrected chi connectivity index (χ2v) is 7.50. The molecule has 9 heteroatoms. The number of hydrogen-bond acceptors (Lipinski definition) is 4. The first kappa shape index (κ1) is 22.1. The van der Waals surface area contributed by atoms with Crippen molar-refractivity contribution in [3.63, 3.8) is 0 Å². The van der Waals surface area contributed by atoms with Gasteiger partial charge in [0.25, 0.3) is 0 Å². The third-order valence-corrected chi connectivity index (χ3v) is 5.09. The number of aromatic nitrogens is 1. The SMILES string of the molecule is CCNC(=NCc1nc(C)c(C)o1)NC1CCN(Cc2ccc(C(F)(F)F)cc2)C1. The third-order valence-electron chi connectivity index (χ3n) is 5.09. The fraction of sp³-hybridized carbons (Fsp3) is 0.524. The van der Waals surface area contributed by atoms with Crippen LogP contribution in [0.5, 0.6) is 0 Å². The van der Waals surface area contributed by atoms with Crippen molar-refractivity contribution in [1.29, 1.82) is 0 Å². The summed E-state index contributed by atoms with van der Waals surface area (Å²) in [7, 11) is 0. The van der Waals surface area contributed by atoms with Crippen LogP contribution >= 0.6 is 0 Å². The van der Waals surface area contributed by atoms with E-state index in [9.17, 15) is 13.2 Å². The molecule has 1 atom stereocenters. The second-order valence-electron chi connectivity index (χ2n) is 7.50. The number of alkyl halides is 3. The number of aryl methyl sites for hydroxylation is 2. The van der Waals surface area contributed by atoms with Gasteiger partial charge in [-0.15, -0.1) is 0 Å². The first-order valence-corrected chi connectivity index (χ1v) is 10.1. The molecule has 0 radical (unpaired) electrons. The number of oxazole rings is 1. The smallest absolute Gasteiger partial charge is 0.416 e. The Kier molecular flexibility index (Phi) is 7.02. The van der Waals surface area contributed by atoms with Crippen molar-refractivity contribution < 1.29 is 17.6 Å². The van der Waals surface area contributed by atoms with Crippen LogP contribution in [0.15, 0.2) is 33.7 Å². The van der Waals surface area contributed by atoms with Crippen molar-refractivity contribution in [2.75, 3.05) is 19.6 Å². The van der Waals surface area contributed by atoms with E-state index < -0.39 is 11.7 Å². The molecule has 0 spiro atoms. The second kappa shape index (κ2) is 9.51. The van der Waals surface area contributed by atoms with Gasteiger partial charge >= 0.3 is 6.18 Å². The molecular weight excluding hydrogens is 395 g/mol. The lowest BCUT2D eigenvalue weighted by Crippen LogP contribution is -2.44. The Morgan fingerprint density at radius 3 is 2.60 bits per heavy atom. The maximum absolute atomic E-state index is 12.7. The van der Waals surface area contributed by atoms with Crippen molar-refractivity contribution in [3.05, 3.63) is 52.7 Å². The first-order chi connectivity index (χ1) is 14.2. The van der Waals surface area contributed by atoms with E-state index in [2.05, 4.69) is 25.5 Å². The summed E-state index contributed by atoms with van der Waals surface area (Å²) in [6.07, 6.45) is -3.37. The molecule has 2 aromatic rings. The van der Waals surface area contributed by atoms with Crippen molar-refractivity contribution in [3.8, 4) is 0 Å². The molecule has 1 unspecified atom stereocenters. The van der Waals surface area contributed by atoms with Crippen molar-refractivity contribution in [1.82, 2.24) is 20.5 Å². The lowest BCUT2D eigenvalue weighted by Gasteiger charge is -2.19. The molecule has 164 valence electrons. The van der Waals surface area contributed by atoms with Crippen LogP contribution in [-0.4, -0.2) is 41.5 Å². The Morgan fingerprint density at radius 1 is 1.27 bits per heavy atom. The van der Waals surface area contributed by atoms with Crippen molar-refractivity contribution in [2.24, 2.45) is 4.99 Å². The first-order valence-electron chi connectivity index (χ1n) is 10.1. The highest BCUT2D eigenvalue weighted by atomic mass is 19.4. The van der Waals surface area contributed by atoms with Crippen molar-refractivity contribution in [2.45, 2.75) is 52.5 Å². The Hall–Kier alpha value is -2.55. The molecule has 30 heavy (non-hydrogen) atoms. The summed E-state index contributed by atoms with van der Waals surface area (Å²) in [6, 6.07) is 5.60. The number of aliphatic imine (C=N–C) groups is 1. The molecule has 0 amide bonds. The summed E-state index contributed by atoms with van der Waals surface area (Å²) in [5.74, 6) is 2.08. The Bertz CT molecular complexity index is 841. The van der Waals surface area contributed by atoms with Crippen LogP contribution in [0, 0.1) is 13.8 Å². The van der Waals surface area contributed by atoms with Crippen LogP contribution < -0.4 is 10.6 Å². The predicted molar refractivity (Wildman–Crippen MR) is 109 cm³/mol. The molecule has 1 aromatic heterocycles. The molecule has 0 bridgehead atoms. The predicted octanol–water partition coefficient (Wildman–Crippen LogP) is 3.64. The van der Waals surface area contributed by atoms with Gasteiger partial charge in [-0.1, -0.05) is 12.1 Å². The highest BCUT2D eigenvalue weighted by molar-refractivity contribution is 5.80. The van der Waals surface area contributed by atoms with Gasteiger partial charge in [0.2, 0.25) is 5.89 Å². The van der Waals surface area contributed by atoms with Crippen LogP contribution in [0.1, 0.15) is 41.8 Å². The van der Waals surface area contributed by atoms with Gasteiger partial charge in [0.15, 0.2) is 5.96 Å². The average Bonchev–Trinajstić information content (AvgIpc) is 3.25. The van der Waals surface area contributed by atoms with Crippen LogP contribution in [0.2, 0.25) is 0 Å². The number of nitrogens with one attached hydrogen (secondary N) is 2. The molecule has 1 aliphatic rings. The Morgan fingerprint density at radius 2 is 2.00 bits per heavy atom. The molecule has 1 aromatic carbocycles.